The molecular formula is C33H16N7+. The Morgan fingerprint density at radius 3 is 1.98 bits per heavy atom. The van der Waals surface area contributed by atoms with Gasteiger partial charge in [-0.1, -0.05) is 78.9 Å². The van der Waals surface area contributed by atoms with Crippen molar-refractivity contribution in [1.29, 1.82) is 10.5 Å². The molecule has 0 amide bonds. The highest BCUT2D eigenvalue weighted by atomic mass is 15.2. The SMILES string of the molecule is [C-]#[N+]C(C#N)=[N+]1c2cc(-c3ccccc3)ccc2-c2nc3c(nc21)-c1ccc(-c2ccccc2)cc1C3=NC#N. The molecule has 0 saturated heterocycles. The number of hydrogen-bond acceptors (Lipinski definition) is 5. The molecule has 0 spiro atoms. The highest BCUT2D eigenvalue weighted by Gasteiger charge is 2.42. The second-order valence-electron chi connectivity index (χ2n) is 9.26. The van der Waals surface area contributed by atoms with Gasteiger partial charge in [0.25, 0.3) is 0 Å². The minimum atomic E-state index is -0.122. The average Bonchev–Trinajstić information content (AvgIpc) is 3.49. The van der Waals surface area contributed by atoms with Crippen LogP contribution in [0, 0.1) is 29.4 Å². The van der Waals surface area contributed by atoms with Gasteiger partial charge in [0.15, 0.2) is 11.8 Å². The quantitative estimate of drug-likeness (QED) is 0.111. The van der Waals surface area contributed by atoms with Gasteiger partial charge in [0.05, 0.1) is 5.56 Å². The monoisotopic (exact) mass is 510 g/mol. The fourth-order valence-corrected chi connectivity index (χ4v) is 5.34. The van der Waals surface area contributed by atoms with Crippen molar-refractivity contribution in [2.45, 2.75) is 0 Å². The number of nitriles is 2. The molecule has 7 nitrogen and oxygen atoms in total. The van der Waals surface area contributed by atoms with Gasteiger partial charge in [-0.05, 0) is 34.4 Å². The van der Waals surface area contributed by atoms with Gasteiger partial charge in [-0.2, -0.15) is 20.1 Å². The highest BCUT2D eigenvalue weighted by Crippen LogP contribution is 2.48. The van der Waals surface area contributed by atoms with Crippen molar-refractivity contribution in [3.63, 3.8) is 0 Å². The number of fused-ring (bicyclic) bond motifs is 6. The van der Waals surface area contributed by atoms with E-state index in [1.54, 1.807) is 4.58 Å². The van der Waals surface area contributed by atoms with Crippen LogP contribution < -0.4 is 4.58 Å². The first-order valence-electron chi connectivity index (χ1n) is 12.5. The molecule has 7 heteroatoms. The fourth-order valence-electron chi connectivity index (χ4n) is 5.34. The molecule has 1 aromatic heterocycles. The highest BCUT2D eigenvalue weighted by molar-refractivity contribution is 6.24. The van der Waals surface area contributed by atoms with Crippen LogP contribution in [0.15, 0.2) is 102 Å². The van der Waals surface area contributed by atoms with Gasteiger partial charge in [0.2, 0.25) is 11.9 Å². The van der Waals surface area contributed by atoms with Crippen LogP contribution >= 0.6 is 0 Å². The molecule has 4 aromatic carbocycles. The molecule has 0 N–H and O–H groups in total. The zero-order valence-electron chi connectivity index (χ0n) is 20.9. The van der Waals surface area contributed by atoms with Crippen molar-refractivity contribution in [2.24, 2.45) is 4.99 Å². The lowest BCUT2D eigenvalue weighted by Gasteiger charge is -2.05. The Labute approximate surface area is 229 Å². The van der Waals surface area contributed by atoms with Crippen LogP contribution in [-0.4, -0.2) is 21.5 Å². The standard InChI is InChI=1S/C33H16N7/c1-36-28(18-34)40-27-17-23(21-10-6-3-7-11-21)13-15-25(27)31-33(40)39-30-24-14-12-22(20-8-4-2-5-9-20)16-26(24)29(37-19-35)32(30)38-31/h2-17H/q+1. The van der Waals surface area contributed by atoms with Gasteiger partial charge >= 0.3 is 11.7 Å². The molecular weight excluding hydrogens is 494 g/mol. The molecule has 0 atom stereocenters. The van der Waals surface area contributed by atoms with Gasteiger partial charge in [0.1, 0.15) is 23.7 Å². The minimum Gasteiger partial charge on any atom is -0.235 e. The van der Waals surface area contributed by atoms with E-state index in [1.165, 1.54) is 0 Å². The molecule has 5 aromatic rings. The fraction of sp³-hybridized carbons (Fsp3) is 0. The Morgan fingerprint density at radius 2 is 1.35 bits per heavy atom. The van der Waals surface area contributed by atoms with Crippen molar-refractivity contribution in [3.05, 3.63) is 120 Å². The molecule has 2 aliphatic rings. The maximum absolute atomic E-state index is 9.88. The Morgan fingerprint density at radius 1 is 0.700 bits per heavy atom. The molecule has 1 aliphatic heterocycles. The molecule has 182 valence electrons. The number of nitrogens with zero attached hydrogens (tertiary/aromatic N) is 7. The van der Waals surface area contributed by atoms with E-state index < -0.39 is 0 Å². The second kappa shape index (κ2) is 8.96. The summed E-state index contributed by atoms with van der Waals surface area (Å²) in [6.07, 6.45) is 1.93. The van der Waals surface area contributed by atoms with E-state index in [0.717, 1.165) is 38.9 Å². The zero-order valence-corrected chi connectivity index (χ0v) is 20.9. The predicted molar refractivity (Wildman–Crippen MR) is 154 cm³/mol. The summed E-state index contributed by atoms with van der Waals surface area (Å²) in [7, 11) is 0. The predicted octanol–water partition coefficient (Wildman–Crippen LogP) is 6.77. The Hall–Kier alpha value is -6.23. The molecule has 0 radical (unpaired) electrons. The van der Waals surface area contributed by atoms with E-state index in [2.05, 4.69) is 9.84 Å². The number of aliphatic imine (C=N–C) groups is 1. The van der Waals surface area contributed by atoms with Crippen molar-refractivity contribution < 1.29 is 0 Å². The van der Waals surface area contributed by atoms with Crippen LogP contribution in [0.2, 0.25) is 0 Å². The maximum atomic E-state index is 9.88. The van der Waals surface area contributed by atoms with Gasteiger partial charge < -0.3 is 0 Å². The normalized spacial score (nSPS) is 14.3. The Bertz CT molecular complexity index is 2050. The summed E-state index contributed by atoms with van der Waals surface area (Å²) in [4.78, 5) is 17.6. The molecule has 7 rings (SSSR count). The molecule has 40 heavy (non-hydrogen) atoms. The van der Waals surface area contributed by atoms with Crippen LogP contribution in [0.3, 0.4) is 0 Å². The summed E-state index contributed by atoms with van der Waals surface area (Å²) in [5.74, 6) is 0.283. The van der Waals surface area contributed by atoms with Crippen molar-refractivity contribution in [1.82, 2.24) is 14.5 Å². The molecule has 0 saturated carbocycles. The summed E-state index contributed by atoms with van der Waals surface area (Å²) in [6, 6.07) is 33.7. The number of benzene rings is 4. The molecule has 2 heterocycles. The second-order valence-corrected chi connectivity index (χ2v) is 9.26. The summed E-state index contributed by atoms with van der Waals surface area (Å²) in [5.41, 5.74) is 9.00. The third-order valence-corrected chi connectivity index (χ3v) is 7.13. The lowest BCUT2D eigenvalue weighted by Crippen LogP contribution is -2.12. The van der Waals surface area contributed by atoms with Gasteiger partial charge in [-0.15, -0.1) is 4.58 Å². The topological polar surface area (TPSA) is 93.1 Å². The number of hydrogen-bond donors (Lipinski definition) is 0. The largest absolute Gasteiger partial charge is 0.506 e. The molecule has 0 unspecified atom stereocenters. The van der Waals surface area contributed by atoms with Gasteiger partial charge in [0, 0.05) is 17.2 Å². The molecule has 1 aliphatic carbocycles. The van der Waals surface area contributed by atoms with E-state index in [0.29, 0.717) is 34.3 Å². The number of amidine groups is 1. The summed E-state index contributed by atoms with van der Waals surface area (Å²) in [5, 5.41) is 19.4. The smallest absolute Gasteiger partial charge is 0.235 e. The van der Waals surface area contributed by atoms with E-state index in [4.69, 9.17) is 16.5 Å². The summed E-state index contributed by atoms with van der Waals surface area (Å²) in [6.45, 7) is 7.71. The van der Waals surface area contributed by atoms with E-state index >= 15 is 0 Å². The third-order valence-electron chi connectivity index (χ3n) is 7.13. The third kappa shape index (κ3) is 3.35. The maximum Gasteiger partial charge on any atom is 0.506 e. The first kappa shape index (κ1) is 22.9. The van der Waals surface area contributed by atoms with Crippen molar-refractivity contribution in [2.75, 3.05) is 0 Å². The lowest BCUT2D eigenvalue weighted by molar-refractivity contribution is 1.04. The van der Waals surface area contributed by atoms with Crippen LogP contribution in [0.5, 0.6) is 0 Å². The van der Waals surface area contributed by atoms with Crippen LogP contribution in [0.1, 0.15) is 11.3 Å². The van der Waals surface area contributed by atoms with Crippen molar-refractivity contribution in [3.8, 4) is 57.0 Å². The minimum absolute atomic E-state index is 0.122. The van der Waals surface area contributed by atoms with Crippen LogP contribution in [0.25, 0.3) is 49.6 Å². The number of rotatable bonds is 2. The van der Waals surface area contributed by atoms with E-state index in [-0.39, 0.29) is 5.84 Å². The number of aromatic nitrogens is 2. The average molecular weight is 511 g/mol. The molecule has 0 bridgehead atoms. The Kier molecular flexibility index (Phi) is 5.13. The van der Waals surface area contributed by atoms with E-state index in [9.17, 15) is 10.5 Å². The molecule has 0 fully saturated rings. The first-order valence-corrected chi connectivity index (χ1v) is 12.5. The van der Waals surface area contributed by atoms with Crippen LogP contribution in [0.4, 0.5) is 11.5 Å². The summed E-state index contributed by atoms with van der Waals surface area (Å²) >= 11 is 0. The zero-order chi connectivity index (χ0) is 27.2. The summed E-state index contributed by atoms with van der Waals surface area (Å²) < 4.78 is 1.58. The van der Waals surface area contributed by atoms with Crippen LogP contribution in [-0.2, 0) is 0 Å². The van der Waals surface area contributed by atoms with Gasteiger partial charge in [-0.3, -0.25) is 0 Å². The Balaban J connectivity index is 1.46. The first-order chi connectivity index (χ1) is 19.7. The van der Waals surface area contributed by atoms with Gasteiger partial charge in [-0.25, -0.2) is 10.2 Å². The van der Waals surface area contributed by atoms with E-state index in [1.807, 2.05) is 109 Å². The van der Waals surface area contributed by atoms with Crippen molar-refractivity contribution >= 4 is 23.1 Å². The lowest BCUT2D eigenvalue weighted by atomic mass is 9.99.